The number of esters is 1. The molecule has 0 spiro atoms. The molecule has 1 aromatic rings. The third-order valence-electron chi connectivity index (χ3n) is 1.86. The van der Waals surface area contributed by atoms with Crippen LogP contribution < -0.4 is 0 Å². The number of carbonyl (C=O) groups is 2. The molecule has 1 rings (SSSR count). The summed E-state index contributed by atoms with van der Waals surface area (Å²) in [4.78, 5) is 21.6. The van der Waals surface area contributed by atoms with Crippen molar-refractivity contribution in [2.75, 3.05) is 7.11 Å². The molecule has 0 radical (unpaired) electrons. The summed E-state index contributed by atoms with van der Waals surface area (Å²) in [5.41, 5.74) is 0.747. The maximum atomic E-state index is 11.0. The largest absolute Gasteiger partial charge is 0.506 e. The van der Waals surface area contributed by atoms with Crippen molar-refractivity contribution in [2.45, 2.75) is 6.42 Å². The minimum atomic E-state index is -0.399. The van der Waals surface area contributed by atoms with E-state index in [2.05, 4.69) is 20.7 Å². The van der Waals surface area contributed by atoms with Crippen LogP contribution >= 0.6 is 15.9 Å². The molecule has 1 aromatic carbocycles. The van der Waals surface area contributed by atoms with Gasteiger partial charge in [0.1, 0.15) is 5.75 Å². The number of hydrogen-bond donors (Lipinski definition) is 1. The van der Waals surface area contributed by atoms with Gasteiger partial charge in [0.25, 0.3) is 0 Å². The summed E-state index contributed by atoms with van der Waals surface area (Å²) in [7, 11) is 1.29. The van der Waals surface area contributed by atoms with E-state index in [4.69, 9.17) is 0 Å². The van der Waals surface area contributed by atoms with Gasteiger partial charge in [0, 0.05) is 0 Å². The highest BCUT2D eigenvalue weighted by molar-refractivity contribution is 9.10. The first-order valence-electron chi connectivity index (χ1n) is 4.12. The summed E-state index contributed by atoms with van der Waals surface area (Å²) < 4.78 is 4.87. The van der Waals surface area contributed by atoms with Crippen LogP contribution in [-0.2, 0) is 16.0 Å². The predicted molar refractivity (Wildman–Crippen MR) is 56.9 cm³/mol. The summed E-state index contributed by atoms with van der Waals surface area (Å²) in [6.07, 6.45) is 0.594. The van der Waals surface area contributed by atoms with Gasteiger partial charge in [-0.15, -0.1) is 0 Å². The third kappa shape index (κ3) is 2.79. The number of phenols is 1. The average molecular weight is 273 g/mol. The zero-order valence-corrected chi connectivity index (χ0v) is 9.58. The Labute approximate surface area is 95.0 Å². The van der Waals surface area contributed by atoms with E-state index in [-0.39, 0.29) is 17.7 Å². The third-order valence-corrected chi connectivity index (χ3v) is 2.46. The standard InChI is InChI=1S/C10H9BrO4/c1-15-9(13)4-6-2-7(5-12)10(14)8(11)3-6/h2-3,5,14H,4H2,1H3. The highest BCUT2D eigenvalue weighted by atomic mass is 79.9. The average Bonchev–Trinajstić information content (AvgIpc) is 2.22. The van der Waals surface area contributed by atoms with Gasteiger partial charge in [-0.3, -0.25) is 9.59 Å². The van der Waals surface area contributed by atoms with Gasteiger partial charge in [-0.25, -0.2) is 0 Å². The Morgan fingerprint density at radius 3 is 2.80 bits per heavy atom. The summed E-state index contributed by atoms with van der Waals surface area (Å²) in [5, 5.41) is 9.42. The molecule has 0 heterocycles. The van der Waals surface area contributed by atoms with Crippen molar-refractivity contribution in [3.05, 3.63) is 27.7 Å². The molecule has 0 aliphatic heterocycles. The van der Waals surface area contributed by atoms with E-state index in [0.717, 1.165) is 0 Å². The number of hydrogen-bond acceptors (Lipinski definition) is 4. The molecule has 0 amide bonds. The molecule has 0 aliphatic carbocycles. The lowest BCUT2D eigenvalue weighted by molar-refractivity contribution is -0.139. The van der Waals surface area contributed by atoms with Crippen molar-refractivity contribution in [1.29, 1.82) is 0 Å². The van der Waals surface area contributed by atoms with Crippen LogP contribution in [-0.4, -0.2) is 24.5 Å². The molecule has 0 aromatic heterocycles. The number of benzene rings is 1. The fourth-order valence-corrected chi connectivity index (χ4v) is 1.63. The van der Waals surface area contributed by atoms with Crippen LogP contribution in [0.15, 0.2) is 16.6 Å². The number of phenolic OH excluding ortho intramolecular Hbond substituents is 1. The fraction of sp³-hybridized carbons (Fsp3) is 0.200. The van der Waals surface area contributed by atoms with E-state index in [1.54, 1.807) is 6.07 Å². The van der Waals surface area contributed by atoms with Crippen LogP contribution in [0.5, 0.6) is 5.75 Å². The van der Waals surface area contributed by atoms with E-state index < -0.39 is 5.97 Å². The van der Waals surface area contributed by atoms with Gasteiger partial charge < -0.3 is 9.84 Å². The highest BCUT2D eigenvalue weighted by Gasteiger charge is 2.10. The van der Waals surface area contributed by atoms with E-state index >= 15 is 0 Å². The Hall–Kier alpha value is -1.36. The number of halogens is 1. The monoisotopic (exact) mass is 272 g/mol. The van der Waals surface area contributed by atoms with E-state index in [1.165, 1.54) is 13.2 Å². The minimum absolute atomic E-state index is 0.0657. The van der Waals surface area contributed by atoms with E-state index in [9.17, 15) is 14.7 Å². The van der Waals surface area contributed by atoms with Crippen LogP contribution in [0.1, 0.15) is 15.9 Å². The van der Waals surface area contributed by atoms with Gasteiger partial charge in [0.2, 0.25) is 0 Å². The van der Waals surface area contributed by atoms with Crippen molar-refractivity contribution >= 4 is 28.2 Å². The van der Waals surface area contributed by atoms with Crippen LogP contribution in [0, 0.1) is 0 Å². The van der Waals surface area contributed by atoms with Gasteiger partial charge in [0.05, 0.1) is 23.6 Å². The lowest BCUT2D eigenvalue weighted by Crippen LogP contribution is -2.04. The normalized spacial score (nSPS) is 9.73. The predicted octanol–water partition coefficient (Wildman–Crippen LogP) is 1.68. The lowest BCUT2D eigenvalue weighted by atomic mass is 10.1. The van der Waals surface area contributed by atoms with Gasteiger partial charge in [-0.2, -0.15) is 0 Å². The molecule has 0 fully saturated rings. The first-order chi connectivity index (χ1) is 7.08. The number of aldehydes is 1. The molecule has 0 saturated heterocycles. The second-order valence-electron chi connectivity index (χ2n) is 2.89. The minimum Gasteiger partial charge on any atom is -0.506 e. The molecule has 1 N–H and O–H groups in total. The Kier molecular flexibility index (Phi) is 3.85. The van der Waals surface area contributed by atoms with E-state index in [0.29, 0.717) is 16.3 Å². The Morgan fingerprint density at radius 1 is 1.60 bits per heavy atom. The van der Waals surface area contributed by atoms with Gasteiger partial charge in [0.15, 0.2) is 6.29 Å². The molecule has 0 unspecified atom stereocenters. The smallest absolute Gasteiger partial charge is 0.309 e. The second kappa shape index (κ2) is 4.93. The van der Waals surface area contributed by atoms with Gasteiger partial charge >= 0.3 is 5.97 Å². The van der Waals surface area contributed by atoms with Crippen molar-refractivity contribution in [3.63, 3.8) is 0 Å². The highest BCUT2D eigenvalue weighted by Crippen LogP contribution is 2.28. The zero-order chi connectivity index (χ0) is 11.4. The summed E-state index contributed by atoms with van der Waals surface area (Å²) >= 11 is 3.09. The lowest BCUT2D eigenvalue weighted by Gasteiger charge is -2.05. The van der Waals surface area contributed by atoms with Crippen LogP contribution in [0.25, 0.3) is 0 Å². The van der Waals surface area contributed by atoms with Crippen LogP contribution in [0.3, 0.4) is 0 Å². The fourth-order valence-electron chi connectivity index (χ4n) is 1.11. The molecular formula is C10H9BrO4. The van der Waals surface area contributed by atoms with Crippen molar-refractivity contribution in [1.82, 2.24) is 0 Å². The summed E-state index contributed by atoms with van der Waals surface area (Å²) in [6.45, 7) is 0. The zero-order valence-electron chi connectivity index (χ0n) is 7.99. The Morgan fingerprint density at radius 2 is 2.27 bits per heavy atom. The second-order valence-corrected chi connectivity index (χ2v) is 3.74. The molecule has 0 bridgehead atoms. The summed E-state index contributed by atoms with van der Waals surface area (Å²) in [6, 6.07) is 3.02. The van der Waals surface area contributed by atoms with Crippen molar-refractivity contribution < 1.29 is 19.4 Å². The maximum Gasteiger partial charge on any atom is 0.309 e. The van der Waals surface area contributed by atoms with Crippen molar-refractivity contribution in [3.8, 4) is 5.75 Å². The van der Waals surface area contributed by atoms with Crippen LogP contribution in [0.4, 0.5) is 0 Å². The molecule has 5 heteroatoms. The Bertz CT molecular complexity index is 401. The number of rotatable bonds is 3. The maximum absolute atomic E-state index is 11.0. The van der Waals surface area contributed by atoms with Crippen molar-refractivity contribution in [2.24, 2.45) is 0 Å². The number of aromatic hydroxyl groups is 1. The first-order valence-corrected chi connectivity index (χ1v) is 4.91. The number of carbonyl (C=O) groups excluding carboxylic acids is 2. The number of ether oxygens (including phenoxy) is 1. The molecule has 0 atom stereocenters. The Balaban J connectivity index is 3.05. The molecule has 80 valence electrons. The van der Waals surface area contributed by atoms with Gasteiger partial charge in [-0.1, -0.05) is 0 Å². The SMILES string of the molecule is COC(=O)Cc1cc(Br)c(O)c(C=O)c1. The molecule has 0 aliphatic rings. The van der Waals surface area contributed by atoms with Gasteiger partial charge in [-0.05, 0) is 33.6 Å². The molecular weight excluding hydrogens is 264 g/mol. The first kappa shape index (κ1) is 11.7. The molecule has 4 nitrogen and oxygen atoms in total. The topological polar surface area (TPSA) is 63.6 Å². The molecule has 0 saturated carbocycles. The summed E-state index contributed by atoms with van der Waals surface area (Å²) in [5.74, 6) is -0.525. The quantitative estimate of drug-likeness (QED) is 0.672. The van der Waals surface area contributed by atoms with E-state index in [1.807, 2.05) is 0 Å². The van der Waals surface area contributed by atoms with Crippen LogP contribution in [0.2, 0.25) is 0 Å². The molecule has 15 heavy (non-hydrogen) atoms. The number of methoxy groups -OCH3 is 1.